The van der Waals surface area contributed by atoms with Gasteiger partial charge in [0.05, 0.1) is 12.1 Å². The summed E-state index contributed by atoms with van der Waals surface area (Å²) in [6.45, 7) is 11.4. The molecule has 1 aliphatic rings. The second-order valence-electron chi connectivity index (χ2n) is 6.35. The molecule has 4 nitrogen and oxygen atoms in total. The van der Waals surface area contributed by atoms with Gasteiger partial charge >= 0.3 is 0 Å². The maximum absolute atomic E-state index is 12.4. The number of likely N-dealkylation sites (tertiary alicyclic amines) is 1. The van der Waals surface area contributed by atoms with Crippen LogP contribution in [0.3, 0.4) is 0 Å². The fraction of sp³-hybridized carbons (Fsp3) is 0.923. The lowest BCUT2D eigenvalue weighted by molar-refractivity contribution is -0.135. The van der Waals surface area contributed by atoms with Gasteiger partial charge in [-0.3, -0.25) is 4.79 Å². The summed E-state index contributed by atoms with van der Waals surface area (Å²) in [5, 5.41) is 12.8. The SMILES string of the molecule is CC(C)NC(C(=O)N1CCC(O)C1)C(C)(C)C. The lowest BCUT2D eigenvalue weighted by atomic mass is 9.85. The third kappa shape index (κ3) is 3.96. The second-order valence-corrected chi connectivity index (χ2v) is 6.35. The second kappa shape index (κ2) is 5.36. The molecule has 2 unspecified atom stereocenters. The number of carbonyl (C=O) groups is 1. The predicted octanol–water partition coefficient (Wildman–Crippen LogP) is 0.992. The summed E-state index contributed by atoms with van der Waals surface area (Å²) in [6.07, 6.45) is 0.350. The minimum absolute atomic E-state index is 0.114. The van der Waals surface area contributed by atoms with E-state index in [2.05, 4.69) is 26.1 Å². The zero-order valence-corrected chi connectivity index (χ0v) is 11.7. The van der Waals surface area contributed by atoms with E-state index in [1.54, 1.807) is 4.90 Å². The van der Waals surface area contributed by atoms with E-state index < -0.39 is 0 Å². The summed E-state index contributed by atoms with van der Waals surface area (Å²) in [7, 11) is 0. The third-order valence-corrected chi connectivity index (χ3v) is 3.09. The Kier molecular flexibility index (Phi) is 4.55. The fourth-order valence-corrected chi connectivity index (χ4v) is 2.15. The maximum Gasteiger partial charge on any atom is 0.240 e. The lowest BCUT2D eigenvalue weighted by Gasteiger charge is -2.34. The summed E-state index contributed by atoms with van der Waals surface area (Å²) in [5.74, 6) is 0.114. The average Bonchev–Trinajstić information content (AvgIpc) is 2.58. The van der Waals surface area contributed by atoms with Crippen LogP contribution in [-0.2, 0) is 4.79 Å². The van der Waals surface area contributed by atoms with E-state index in [0.29, 0.717) is 19.5 Å². The quantitative estimate of drug-likeness (QED) is 0.776. The molecule has 0 bridgehead atoms. The molecule has 0 aromatic heterocycles. The van der Waals surface area contributed by atoms with E-state index in [0.717, 1.165) is 0 Å². The lowest BCUT2D eigenvalue weighted by Crippen LogP contribution is -2.54. The van der Waals surface area contributed by atoms with Gasteiger partial charge in [-0.15, -0.1) is 0 Å². The Balaban J connectivity index is 2.73. The van der Waals surface area contributed by atoms with Gasteiger partial charge in [-0.1, -0.05) is 34.6 Å². The van der Waals surface area contributed by atoms with Crippen LogP contribution in [0.2, 0.25) is 0 Å². The van der Waals surface area contributed by atoms with Gasteiger partial charge in [0, 0.05) is 19.1 Å². The molecule has 1 amide bonds. The molecule has 0 aromatic rings. The molecule has 0 aromatic carbocycles. The van der Waals surface area contributed by atoms with Crippen LogP contribution >= 0.6 is 0 Å². The molecule has 0 aliphatic carbocycles. The number of amides is 1. The summed E-state index contributed by atoms with van der Waals surface area (Å²) < 4.78 is 0. The first-order valence-corrected chi connectivity index (χ1v) is 6.44. The van der Waals surface area contributed by atoms with Crippen molar-refractivity contribution in [2.75, 3.05) is 13.1 Å². The number of β-amino-alcohol motifs (C(OH)–C–C–N with tert-alkyl or cyclic N) is 1. The summed E-state index contributed by atoms with van der Waals surface area (Å²) in [4.78, 5) is 14.2. The van der Waals surface area contributed by atoms with Crippen LogP contribution in [0.15, 0.2) is 0 Å². The van der Waals surface area contributed by atoms with Gasteiger partial charge in [-0.05, 0) is 11.8 Å². The summed E-state index contributed by atoms with van der Waals surface area (Å²) in [5.41, 5.74) is -0.116. The third-order valence-electron chi connectivity index (χ3n) is 3.09. The largest absolute Gasteiger partial charge is 0.391 e. The van der Waals surface area contributed by atoms with Gasteiger partial charge in [0.1, 0.15) is 0 Å². The monoisotopic (exact) mass is 242 g/mol. The molecule has 1 rings (SSSR count). The van der Waals surface area contributed by atoms with Crippen LogP contribution in [0.25, 0.3) is 0 Å². The average molecular weight is 242 g/mol. The smallest absolute Gasteiger partial charge is 0.240 e. The molecule has 2 atom stereocenters. The highest BCUT2D eigenvalue weighted by Crippen LogP contribution is 2.23. The van der Waals surface area contributed by atoms with E-state index >= 15 is 0 Å². The minimum Gasteiger partial charge on any atom is -0.391 e. The topological polar surface area (TPSA) is 52.6 Å². The normalized spacial score (nSPS) is 23.2. The van der Waals surface area contributed by atoms with E-state index in [1.807, 2.05) is 13.8 Å². The molecule has 0 spiro atoms. The molecule has 17 heavy (non-hydrogen) atoms. The minimum atomic E-state index is -0.349. The van der Waals surface area contributed by atoms with Crippen LogP contribution in [0.5, 0.6) is 0 Å². The number of hydrogen-bond donors (Lipinski definition) is 2. The number of carbonyl (C=O) groups excluding carboxylic acids is 1. The highest BCUT2D eigenvalue weighted by molar-refractivity contribution is 5.83. The Morgan fingerprint density at radius 2 is 2.00 bits per heavy atom. The van der Waals surface area contributed by atoms with Gasteiger partial charge in [0.25, 0.3) is 0 Å². The van der Waals surface area contributed by atoms with Gasteiger partial charge in [-0.25, -0.2) is 0 Å². The molecule has 2 N–H and O–H groups in total. The zero-order valence-electron chi connectivity index (χ0n) is 11.7. The van der Waals surface area contributed by atoms with Crippen molar-refractivity contribution in [3.05, 3.63) is 0 Å². The molecule has 4 heteroatoms. The van der Waals surface area contributed by atoms with Crippen LogP contribution in [-0.4, -0.2) is 47.2 Å². The molecule has 1 fully saturated rings. The summed E-state index contributed by atoms with van der Waals surface area (Å²) in [6, 6.07) is 0.0866. The number of nitrogens with one attached hydrogen (secondary N) is 1. The van der Waals surface area contributed by atoms with Crippen LogP contribution in [0, 0.1) is 5.41 Å². The molecule has 100 valence electrons. The Hall–Kier alpha value is -0.610. The van der Waals surface area contributed by atoms with Gasteiger partial charge in [-0.2, -0.15) is 0 Å². The van der Waals surface area contributed by atoms with Crippen molar-refractivity contribution in [2.24, 2.45) is 5.41 Å². The number of nitrogens with zero attached hydrogens (tertiary/aromatic N) is 1. The molecule has 1 saturated heterocycles. The standard InChI is InChI=1S/C13H26N2O2/c1-9(2)14-11(13(3,4)5)12(17)15-7-6-10(16)8-15/h9-11,14,16H,6-8H2,1-5H3. The zero-order chi connectivity index (χ0) is 13.2. The summed E-state index contributed by atoms with van der Waals surface area (Å²) >= 11 is 0. The number of aliphatic hydroxyl groups is 1. The van der Waals surface area contributed by atoms with E-state index in [4.69, 9.17) is 0 Å². The highest BCUT2D eigenvalue weighted by atomic mass is 16.3. The first kappa shape index (κ1) is 14.5. The van der Waals surface area contributed by atoms with Crippen molar-refractivity contribution in [1.82, 2.24) is 10.2 Å². The van der Waals surface area contributed by atoms with Gasteiger partial charge in [0.2, 0.25) is 5.91 Å². The van der Waals surface area contributed by atoms with Crippen molar-refractivity contribution in [2.45, 2.75) is 59.2 Å². The Morgan fingerprint density at radius 3 is 2.35 bits per heavy atom. The highest BCUT2D eigenvalue weighted by Gasteiger charge is 2.36. The molecule has 1 heterocycles. The van der Waals surface area contributed by atoms with Crippen molar-refractivity contribution in [1.29, 1.82) is 0 Å². The van der Waals surface area contributed by atoms with Crippen molar-refractivity contribution >= 4 is 5.91 Å². The number of aliphatic hydroxyl groups excluding tert-OH is 1. The van der Waals surface area contributed by atoms with E-state index in [9.17, 15) is 9.90 Å². The fourth-order valence-electron chi connectivity index (χ4n) is 2.15. The van der Waals surface area contributed by atoms with Crippen LogP contribution in [0.4, 0.5) is 0 Å². The van der Waals surface area contributed by atoms with Crippen LogP contribution in [0.1, 0.15) is 41.0 Å². The van der Waals surface area contributed by atoms with Crippen molar-refractivity contribution < 1.29 is 9.90 Å². The Morgan fingerprint density at radius 1 is 1.41 bits per heavy atom. The van der Waals surface area contributed by atoms with Gasteiger partial charge < -0.3 is 15.3 Å². The molecule has 0 radical (unpaired) electrons. The number of rotatable bonds is 3. The molecule has 0 saturated carbocycles. The predicted molar refractivity (Wildman–Crippen MR) is 68.7 cm³/mol. The van der Waals surface area contributed by atoms with Crippen molar-refractivity contribution in [3.63, 3.8) is 0 Å². The first-order chi connectivity index (χ1) is 7.71. The molecule has 1 aliphatic heterocycles. The number of hydrogen-bond acceptors (Lipinski definition) is 3. The van der Waals surface area contributed by atoms with Crippen LogP contribution < -0.4 is 5.32 Å². The Labute approximate surface area is 104 Å². The van der Waals surface area contributed by atoms with Crippen molar-refractivity contribution in [3.8, 4) is 0 Å². The maximum atomic E-state index is 12.4. The van der Waals surface area contributed by atoms with E-state index in [-0.39, 0.29) is 29.5 Å². The molecular formula is C13H26N2O2. The molecular weight excluding hydrogens is 216 g/mol. The first-order valence-electron chi connectivity index (χ1n) is 6.44. The van der Waals surface area contributed by atoms with Gasteiger partial charge in [0.15, 0.2) is 0 Å². The van der Waals surface area contributed by atoms with E-state index in [1.165, 1.54) is 0 Å². The Bertz CT molecular complexity index is 271.